The van der Waals surface area contributed by atoms with Crippen LogP contribution >= 0.6 is 0 Å². The van der Waals surface area contributed by atoms with Crippen molar-refractivity contribution in [1.29, 1.82) is 0 Å². The quantitative estimate of drug-likeness (QED) is 0.798. The Morgan fingerprint density at radius 2 is 1.92 bits per heavy atom. The zero-order valence-electron chi connectivity index (χ0n) is 14.7. The molecular formula is C18H24N4O3. The SMILES string of the molecule is CC(C)CC(C)(N)COc1ccc(-c2ccnc(OC(N)=O)n2)cc1. The van der Waals surface area contributed by atoms with Crippen molar-refractivity contribution in [2.24, 2.45) is 17.4 Å². The summed E-state index contributed by atoms with van der Waals surface area (Å²) in [5.74, 6) is 1.24. The maximum Gasteiger partial charge on any atom is 0.412 e. The van der Waals surface area contributed by atoms with Gasteiger partial charge in [-0.3, -0.25) is 0 Å². The van der Waals surface area contributed by atoms with E-state index >= 15 is 0 Å². The van der Waals surface area contributed by atoms with Crippen LogP contribution in [-0.2, 0) is 0 Å². The number of nitrogens with zero attached hydrogens (tertiary/aromatic N) is 2. The Morgan fingerprint density at radius 1 is 1.24 bits per heavy atom. The van der Waals surface area contributed by atoms with E-state index in [0.29, 0.717) is 18.2 Å². The summed E-state index contributed by atoms with van der Waals surface area (Å²) in [4.78, 5) is 18.7. The van der Waals surface area contributed by atoms with Crippen molar-refractivity contribution in [1.82, 2.24) is 9.97 Å². The number of carbonyl (C=O) groups is 1. The molecule has 0 saturated heterocycles. The summed E-state index contributed by atoms with van der Waals surface area (Å²) >= 11 is 0. The Morgan fingerprint density at radius 3 is 2.52 bits per heavy atom. The molecule has 0 spiro atoms. The van der Waals surface area contributed by atoms with Crippen molar-refractivity contribution in [2.45, 2.75) is 32.7 Å². The van der Waals surface area contributed by atoms with Crippen molar-refractivity contribution in [2.75, 3.05) is 6.61 Å². The summed E-state index contributed by atoms with van der Waals surface area (Å²) in [6.45, 7) is 6.70. The number of rotatable bonds is 7. The molecule has 7 nitrogen and oxygen atoms in total. The number of hydrogen-bond donors (Lipinski definition) is 2. The summed E-state index contributed by atoms with van der Waals surface area (Å²) in [7, 11) is 0. The fourth-order valence-corrected chi connectivity index (χ4v) is 2.60. The van der Waals surface area contributed by atoms with E-state index in [1.54, 1.807) is 6.07 Å². The first-order valence-electron chi connectivity index (χ1n) is 8.07. The highest BCUT2D eigenvalue weighted by atomic mass is 16.6. The molecule has 2 aromatic rings. The Balaban J connectivity index is 2.03. The molecule has 1 aromatic carbocycles. The fourth-order valence-electron chi connectivity index (χ4n) is 2.60. The number of ether oxygens (including phenoxy) is 2. The first kappa shape index (κ1) is 18.7. The maximum absolute atomic E-state index is 10.8. The van der Waals surface area contributed by atoms with Gasteiger partial charge in [-0.15, -0.1) is 0 Å². The minimum absolute atomic E-state index is 0.0853. The third-order valence-corrected chi connectivity index (χ3v) is 3.42. The van der Waals surface area contributed by atoms with Gasteiger partial charge in [0.15, 0.2) is 0 Å². The third kappa shape index (κ3) is 6.04. The third-order valence-electron chi connectivity index (χ3n) is 3.42. The van der Waals surface area contributed by atoms with Gasteiger partial charge in [0.1, 0.15) is 12.4 Å². The molecule has 1 heterocycles. The molecule has 0 aliphatic carbocycles. The van der Waals surface area contributed by atoms with Crippen LogP contribution in [0.4, 0.5) is 4.79 Å². The van der Waals surface area contributed by atoms with Crippen molar-refractivity contribution in [3.05, 3.63) is 36.5 Å². The lowest BCUT2D eigenvalue weighted by atomic mass is 9.93. The van der Waals surface area contributed by atoms with Gasteiger partial charge in [0, 0.05) is 17.3 Å². The lowest BCUT2D eigenvalue weighted by molar-refractivity contribution is 0.206. The first-order valence-corrected chi connectivity index (χ1v) is 8.07. The lowest BCUT2D eigenvalue weighted by Crippen LogP contribution is -2.43. The van der Waals surface area contributed by atoms with Gasteiger partial charge >= 0.3 is 12.1 Å². The van der Waals surface area contributed by atoms with Gasteiger partial charge in [-0.05, 0) is 49.6 Å². The highest BCUT2D eigenvalue weighted by Gasteiger charge is 2.21. The van der Waals surface area contributed by atoms with Crippen LogP contribution in [0.5, 0.6) is 11.8 Å². The standard InChI is InChI=1S/C18H24N4O3/c1-12(2)10-18(3,20)11-24-14-6-4-13(5-7-14)15-8-9-21-17(22-15)25-16(19)23/h4-9,12H,10-11,20H2,1-3H3,(H2,19,23). The Hall–Kier alpha value is -2.67. The molecule has 1 atom stereocenters. The van der Waals surface area contributed by atoms with Gasteiger partial charge in [-0.1, -0.05) is 13.8 Å². The molecule has 0 bridgehead atoms. The fraction of sp³-hybridized carbons (Fsp3) is 0.389. The van der Waals surface area contributed by atoms with Crippen LogP contribution in [0.2, 0.25) is 0 Å². The average Bonchev–Trinajstić information content (AvgIpc) is 2.52. The number of hydrogen-bond acceptors (Lipinski definition) is 6. The molecule has 0 fully saturated rings. The molecule has 25 heavy (non-hydrogen) atoms. The summed E-state index contributed by atoms with van der Waals surface area (Å²) in [6.07, 6.45) is 1.43. The minimum Gasteiger partial charge on any atom is -0.492 e. The van der Waals surface area contributed by atoms with Crippen molar-refractivity contribution in [3.63, 3.8) is 0 Å². The predicted octanol–water partition coefficient (Wildman–Crippen LogP) is 2.74. The molecule has 0 aliphatic rings. The molecule has 1 amide bonds. The predicted molar refractivity (Wildman–Crippen MR) is 95.2 cm³/mol. The molecule has 1 aromatic heterocycles. The van der Waals surface area contributed by atoms with Gasteiger partial charge in [0.2, 0.25) is 0 Å². The van der Waals surface area contributed by atoms with Crippen molar-refractivity contribution in [3.8, 4) is 23.0 Å². The molecule has 7 heteroatoms. The van der Waals surface area contributed by atoms with E-state index in [2.05, 4.69) is 28.6 Å². The summed E-state index contributed by atoms with van der Waals surface area (Å²) in [5.41, 5.74) is 12.3. The molecule has 4 N–H and O–H groups in total. The van der Waals surface area contributed by atoms with E-state index in [9.17, 15) is 4.79 Å². The summed E-state index contributed by atoms with van der Waals surface area (Å²) in [5, 5.41) is 0. The monoisotopic (exact) mass is 344 g/mol. The second-order valence-electron chi connectivity index (χ2n) is 6.71. The largest absolute Gasteiger partial charge is 0.492 e. The molecular weight excluding hydrogens is 320 g/mol. The second-order valence-corrected chi connectivity index (χ2v) is 6.71. The van der Waals surface area contributed by atoms with E-state index in [1.165, 1.54) is 6.20 Å². The molecule has 0 radical (unpaired) electrons. The number of primary amides is 1. The smallest absolute Gasteiger partial charge is 0.412 e. The second kappa shape index (κ2) is 7.94. The van der Waals surface area contributed by atoms with Crippen LogP contribution in [0.1, 0.15) is 27.2 Å². The van der Waals surface area contributed by atoms with Crippen LogP contribution in [-0.4, -0.2) is 28.2 Å². The highest BCUT2D eigenvalue weighted by molar-refractivity contribution is 5.67. The zero-order valence-corrected chi connectivity index (χ0v) is 14.7. The van der Waals surface area contributed by atoms with E-state index in [4.69, 9.17) is 16.2 Å². The first-order chi connectivity index (χ1) is 11.7. The number of carbonyl (C=O) groups excluding carboxylic acids is 1. The van der Waals surface area contributed by atoms with Crippen molar-refractivity contribution >= 4 is 6.09 Å². The van der Waals surface area contributed by atoms with Crippen LogP contribution in [0.25, 0.3) is 11.3 Å². The van der Waals surface area contributed by atoms with Gasteiger partial charge in [-0.2, -0.15) is 4.98 Å². The topological polar surface area (TPSA) is 113 Å². The van der Waals surface area contributed by atoms with E-state index in [1.807, 2.05) is 31.2 Å². The lowest BCUT2D eigenvalue weighted by Gasteiger charge is -2.26. The molecule has 134 valence electrons. The Bertz CT molecular complexity index is 715. The highest BCUT2D eigenvalue weighted by Crippen LogP contribution is 2.23. The Kier molecular flexibility index (Phi) is 5.93. The number of aromatic nitrogens is 2. The minimum atomic E-state index is -0.952. The Labute approximate surface area is 147 Å². The number of nitrogens with two attached hydrogens (primary N) is 2. The van der Waals surface area contributed by atoms with Crippen LogP contribution < -0.4 is 20.9 Å². The van der Waals surface area contributed by atoms with E-state index in [-0.39, 0.29) is 11.5 Å². The maximum atomic E-state index is 10.8. The number of amides is 1. The molecule has 2 rings (SSSR count). The van der Waals surface area contributed by atoms with Crippen molar-refractivity contribution < 1.29 is 14.3 Å². The van der Waals surface area contributed by atoms with Crippen LogP contribution in [0.15, 0.2) is 36.5 Å². The summed E-state index contributed by atoms with van der Waals surface area (Å²) < 4.78 is 10.5. The number of benzene rings is 1. The van der Waals surface area contributed by atoms with Crippen LogP contribution in [0.3, 0.4) is 0 Å². The van der Waals surface area contributed by atoms with Crippen LogP contribution in [0, 0.1) is 5.92 Å². The molecule has 0 saturated carbocycles. The van der Waals surface area contributed by atoms with Gasteiger partial charge in [-0.25, -0.2) is 9.78 Å². The zero-order chi connectivity index (χ0) is 18.4. The average molecular weight is 344 g/mol. The van der Waals surface area contributed by atoms with E-state index < -0.39 is 6.09 Å². The normalized spacial score (nSPS) is 13.3. The van der Waals surface area contributed by atoms with E-state index in [0.717, 1.165) is 17.7 Å². The van der Waals surface area contributed by atoms with Gasteiger partial charge in [0.25, 0.3) is 0 Å². The summed E-state index contributed by atoms with van der Waals surface area (Å²) in [6, 6.07) is 9.04. The molecule has 0 aliphatic heterocycles. The molecule has 1 unspecified atom stereocenters. The van der Waals surface area contributed by atoms with Gasteiger partial charge in [0.05, 0.1) is 5.69 Å². The van der Waals surface area contributed by atoms with Gasteiger partial charge < -0.3 is 20.9 Å².